The zero-order valence-electron chi connectivity index (χ0n) is 19.7. The Bertz CT molecular complexity index is 783. The molecule has 0 radical (unpaired) electrons. The molecular weight excluding hydrogens is 386 g/mol. The molecular formula is C26H37N3O2. The smallest absolute Gasteiger partial charge is 0.407 e. The van der Waals surface area contributed by atoms with Crippen molar-refractivity contribution in [2.24, 2.45) is 0 Å². The van der Waals surface area contributed by atoms with Crippen molar-refractivity contribution in [1.29, 1.82) is 0 Å². The van der Waals surface area contributed by atoms with E-state index in [2.05, 4.69) is 96.8 Å². The van der Waals surface area contributed by atoms with Gasteiger partial charge in [0.15, 0.2) is 0 Å². The third-order valence-corrected chi connectivity index (χ3v) is 6.11. The predicted molar refractivity (Wildman–Crippen MR) is 126 cm³/mol. The predicted octanol–water partition coefficient (Wildman–Crippen LogP) is 5.37. The second-order valence-electron chi connectivity index (χ2n) is 9.51. The monoisotopic (exact) mass is 423 g/mol. The standard InChI is InChI=1S/C26H37N3O2/c1-7-21(27-25(30)31-26(2,3)4)18-22-28(5)23(19-14-10-8-11-15-19)24(29(22)6)20-16-12-9-13-17-20/h8-17,21-24H,7,18H2,1-6H3,(H,27,30)/t21-,23+,24+/m1/s1. The summed E-state index contributed by atoms with van der Waals surface area (Å²) < 4.78 is 5.49. The fraction of sp³-hybridized carbons (Fsp3) is 0.500. The van der Waals surface area contributed by atoms with Crippen LogP contribution in [0.1, 0.15) is 63.7 Å². The molecule has 1 heterocycles. The topological polar surface area (TPSA) is 44.8 Å². The van der Waals surface area contributed by atoms with Crippen LogP contribution in [0.2, 0.25) is 0 Å². The van der Waals surface area contributed by atoms with Crippen LogP contribution in [0.15, 0.2) is 60.7 Å². The van der Waals surface area contributed by atoms with Gasteiger partial charge in [0.05, 0.1) is 18.2 Å². The number of hydrogen-bond acceptors (Lipinski definition) is 4. The van der Waals surface area contributed by atoms with E-state index in [0.717, 1.165) is 12.8 Å². The van der Waals surface area contributed by atoms with Crippen molar-refractivity contribution < 1.29 is 9.53 Å². The van der Waals surface area contributed by atoms with Crippen molar-refractivity contribution in [3.8, 4) is 0 Å². The first-order chi connectivity index (χ1) is 14.7. The minimum atomic E-state index is -0.500. The number of hydrogen-bond donors (Lipinski definition) is 1. The molecule has 31 heavy (non-hydrogen) atoms. The van der Waals surface area contributed by atoms with E-state index in [-0.39, 0.29) is 30.4 Å². The van der Waals surface area contributed by atoms with E-state index in [1.54, 1.807) is 0 Å². The first-order valence-electron chi connectivity index (χ1n) is 11.2. The third kappa shape index (κ3) is 5.66. The maximum atomic E-state index is 12.4. The van der Waals surface area contributed by atoms with Crippen LogP contribution >= 0.6 is 0 Å². The molecule has 0 aliphatic carbocycles. The lowest BCUT2D eigenvalue weighted by Gasteiger charge is -2.31. The summed E-state index contributed by atoms with van der Waals surface area (Å²) in [6.07, 6.45) is 1.52. The van der Waals surface area contributed by atoms with Crippen molar-refractivity contribution in [3.05, 3.63) is 71.8 Å². The average molecular weight is 424 g/mol. The van der Waals surface area contributed by atoms with E-state index in [1.165, 1.54) is 11.1 Å². The van der Waals surface area contributed by atoms with E-state index >= 15 is 0 Å². The van der Waals surface area contributed by atoms with E-state index in [9.17, 15) is 4.79 Å². The van der Waals surface area contributed by atoms with Crippen LogP contribution in [0.4, 0.5) is 4.79 Å². The number of nitrogens with zero attached hydrogens (tertiary/aromatic N) is 2. The molecule has 0 spiro atoms. The molecule has 3 rings (SSSR count). The highest BCUT2D eigenvalue weighted by atomic mass is 16.6. The first-order valence-corrected chi connectivity index (χ1v) is 11.2. The molecule has 5 heteroatoms. The molecule has 1 fully saturated rings. The van der Waals surface area contributed by atoms with Crippen molar-refractivity contribution in [2.45, 2.75) is 70.4 Å². The number of amides is 1. The number of rotatable bonds is 6. The molecule has 0 aromatic heterocycles. The van der Waals surface area contributed by atoms with Gasteiger partial charge in [0.2, 0.25) is 0 Å². The van der Waals surface area contributed by atoms with Crippen molar-refractivity contribution in [3.63, 3.8) is 0 Å². The summed E-state index contributed by atoms with van der Waals surface area (Å²) in [4.78, 5) is 17.3. The van der Waals surface area contributed by atoms with Crippen LogP contribution in [0.3, 0.4) is 0 Å². The molecule has 2 aromatic carbocycles. The zero-order chi connectivity index (χ0) is 22.6. The van der Waals surface area contributed by atoms with Gasteiger partial charge in [0.25, 0.3) is 0 Å². The quantitative estimate of drug-likeness (QED) is 0.679. The number of nitrogens with one attached hydrogen (secondary N) is 1. The Hall–Kier alpha value is -2.37. The van der Waals surface area contributed by atoms with Gasteiger partial charge in [-0.05, 0) is 58.8 Å². The largest absolute Gasteiger partial charge is 0.444 e. The van der Waals surface area contributed by atoms with E-state index < -0.39 is 5.60 Å². The Kier molecular flexibility index (Phi) is 7.39. The summed E-state index contributed by atoms with van der Waals surface area (Å²) in [6.45, 7) is 7.78. The fourth-order valence-electron chi connectivity index (χ4n) is 4.63. The van der Waals surface area contributed by atoms with Gasteiger partial charge in [-0.3, -0.25) is 9.80 Å². The Balaban J connectivity index is 1.84. The molecule has 1 saturated heterocycles. The number of carbonyl (C=O) groups is 1. The maximum Gasteiger partial charge on any atom is 0.407 e. The summed E-state index contributed by atoms with van der Waals surface area (Å²) in [6, 6.07) is 21.9. The minimum Gasteiger partial charge on any atom is -0.444 e. The Morgan fingerprint density at radius 3 is 1.77 bits per heavy atom. The zero-order valence-corrected chi connectivity index (χ0v) is 19.7. The number of carbonyl (C=O) groups excluding carboxylic acids is 1. The van der Waals surface area contributed by atoms with Crippen LogP contribution < -0.4 is 5.32 Å². The molecule has 1 amide bonds. The number of likely N-dealkylation sites (N-methyl/N-ethyl adjacent to an activating group) is 2. The highest BCUT2D eigenvalue weighted by molar-refractivity contribution is 5.68. The lowest BCUT2D eigenvalue weighted by molar-refractivity contribution is 0.0477. The van der Waals surface area contributed by atoms with Gasteiger partial charge >= 0.3 is 6.09 Å². The molecule has 0 unspecified atom stereocenters. The number of benzene rings is 2. The molecule has 0 saturated carbocycles. The second-order valence-corrected chi connectivity index (χ2v) is 9.51. The lowest BCUT2D eigenvalue weighted by Crippen LogP contribution is -2.45. The first kappa shape index (κ1) is 23.3. The van der Waals surface area contributed by atoms with E-state index in [0.29, 0.717) is 0 Å². The summed E-state index contributed by atoms with van der Waals surface area (Å²) >= 11 is 0. The Labute approximate surface area is 187 Å². The van der Waals surface area contributed by atoms with Crippen LogP contribution in [0, 0.1) is 0 Å². The molecule has 3 atom stereocenters. The third-order valence-electron chi connectivity index (χ3n) is 6.11. The molecule has 2 aromatic rings. The normalized spacial score (nSPS) is 21.7. The number of ether oxygens (including phenoxy) is 1. The molecule has 1 N–H and O–H groups in total. The van der Waals surface area contributed by atoms with Gasteiger partial charge in [0.1, 0.15) is 5.60 Å². The fourth-order valence-corrected chi connectivity index (χ4v) is 4.63. The van der Waals surface area contributed by atoms with Crippen LogP contribution in [-0.4, -0.2) is 47.8 Å². The van der Waals surface area contributed by atoms with Crippen LogP contribution in [0.5, 0.6) is 0 Å². The van der Waals surface area contributed by atoms with Crippen molar-refractivity contribution in [2.75, 3.05) is 14.1 Å². The molecule has 0 bridgehead atoms. The van der Waals surface area contributed by atoms with Gasteiger partial charge in [-0.25, -0.2) is 4.79 Å². The molecule has 5 nitrogen and oxygen atoms in total. The highest BCUT2D eigenvalue weighted by Gasteiger charge is 2.45. The maximum absolute atomic E-state index is 12.4. The van der Waals surface area contributed by atoms with E-state index in [1.807, 2.05) is 20.8 Å². The van der Waals surface area contributed by atoms with Gasteiger partial charge < -0.3 is 10.1 Å². The summed E-state index contributed by atoms with van der Waals surface area (Å²) in [5.41, 5.74) is 2.11. The Morgan fingerprint density at radius 2 is 1.39 bits per heavy atom. The Morgan fingerprint density at radius 1 is 0.935 bits per heavy atom. The van der Waals surface area contributed by atoms with Gasteiger partial charge in [-0.1, -0.05) is 67.6 Å². The average Bonchev–Trinajstić information content (AvgIpc) is 2.97. The van der Waals surface area contributed by atoms with Gasteiger partial charge in [-0.2, -0.15) is 0 Å². The van der Waals surface area contributed by atoms with Gasteiger partial charge in [-0.15, -0.1) is 0 Å². The van der Waals surface area contributed by atoms with Crippen molar-refractivity contribution in [1.82, 2.24) is 15.1 Å². The SMILES string of the molecule is CC[C@H](CC1N(C)[C@@H](c2ccccc2)[C@H](c2ccccc2)N1C)NC(=O)OC(C)(C)C. The summed E-state index contributed by atoms with van der Waals surface area (Å²) in [5.74, 6) is 0. The number of alkyl carbamates (subject to hydrolysis) is 1. The molecule has 1 aliphatic rings. The lowest BCUT2D eigenvalue weighted by atomic mass is 9.93. The van der Waals surface area contributed by atoms with Gasteiger partial charge in [0, 0.05) is 6.04 Å². The summed E-state index contributed by atoms with van der Waals surface area (Å²) in [5, 5.41) is 3.09. The van der Waals surface area contributed by atoms with Crippen LogP contribution in [-0.2, 0) is 4.74 Å². The minimum absolute atomic E-state index is 0.0377. The highest BCUT2D eigenvalue weighted by Crippen LogP contribution is 2.46. The van der Waals surface area contributed by atoms with Crippen LogP contribution in [0.25, 0.3) is 0 Å². The molecule has 1 aliphatic heterocycles. The second kappa shape index (κ2) is 9.84. The van der Waals surface area contributed by atoms with Crippen molar-refractivity contribution >= 4 is 6.09 Å². The van der Waals surface area contributed by atoms with E-state index in [4.69, 9.17) is 4.74 Å². The summed E-state index contributed by atoms with van der Waals surface area (Å²) in [7, 11) is 4.39. The molecule has 168 valence electrons.